The fourth-order valence-corrected chi connectivity index (χ4v) is 3.39. The molecule has 2 aliphatic rings. The molecule has 0 radical (unpaired) electrons. The minimum absolute atomic E-state index is 0.323. The molecule has 100 valence electrons. The third-order valence-electron chi connectivity index (χ3n) is 4.33. The molecule has 19 heavy (non-hydrogen) atoms. The summed E-state index contributed by atoms with van der Waals surface area (Å²) in [5.41, 5.74) is 2.03. The van der Waals surface area contributed by atoms with Gasteiger partial charge in [0.15, 0.2) is 17.2 Å². The Bertz CT molecular complexity index is 636. The second kappa shape index (κ2) is 3.85. The predicted molar refractivity (Wildman–Crippen MR) is 72.8 cm³/mol. The summed E-state index contributed by atoms with van der Waals surface area (Å²) < 4.78 is 7.96. The maximum Gasteiger partial charge on any atom is 0.180 e. The fourth-order valence-electron chi connectivity index (χ4n) is 3.39. The summed E-state index contributed by atoms with van der Waals surface area (Å²) in [6.07, 6.45) is 7.76. The number of hydrogen-bond acceptors (Lipinski definition) is 4. The second-order valence-electron chi connectivity index (χ2n) is 5.47. The third-order valence-corrected chi connectivity index (χ3v) is 4.33. The molecule has 4 rings (SSSR count). The van der Waals surface area contributed by atoms with Gasteiger partial charge < -0.3 is 9.64 Å². The molecule has 5 heteroatoms. The Kier molecular flexibility index (Phi) is 2.25. The van der Waals surface area contributed by atoms with Gasteiger partial charge in [0.2, 0.25) is 0 Å². The van der Waals surface area contributed by atoms with Crippen molar-refractivity contribution >= 4 is 11.5 Å². The van der Waals surface area contributed by atoms with Gasteiger partial charge in [-0.3, -0.25) is 0 Å². The number of aromatic nitrogens is 3. The van der Waals surface area contributed by atoms with Gasteiger partial charge in [-0.05, 0) is 33.1 Å². The zero-order chi connectivity index (χ0) is 13.0. The average Bonchev–Trinajstić information content (AvgIpc) is 3.01. The van der Waals surface area contributed by atoms with Crippen LogP contribution < -0.4 is 9.64 Å². The Morgan fingerprint density at radius 2 is 2.32 bits per heavy atom. The van der Waals surface area contributed by atoms with Crippen molar-refractivity contribution in [1.82, 2.24) is 14.6 Å². The van der Waals surface area contributed by atoms with E-state index in [1.165, 1.54) is 12.8 Å². The van der Waals surface area contributed by atoms with Crippen molar-refractivity contribution in [3.05, 3.63) is 18.0 Å². The van der Waals surface area contributed by atoms with Crippen LogP contribution in [0, 0.1) is 6.92 Å². The summed E-state index contributed by atoms with van der Waals surface area (Å²) in [5.74, 6) is 1.86. The highest BCUT2D eigenvalue weighted by molar-refractivity contribution is 5.61. The lowest BCUT2D eigenvalue weighted by atomic mass is 10.1. The summed E-state index contributed by atoms with van der Waals surface area (Å²) in [7, 11) is 0. The van der Waals surface area contributed by atoms with Gasteiger partial charge in [0.05, 0.1) is 18.4 Å². The average molecular weight is 258 g/mol. The molecule has 2 atom stereocenters. The Balaban J connectivity index is 1.91. The van der Waals surface area contributed by atoms with Crippen LogP contribution in [0.15, 0.2) is 12.4 Å². The van der Waals surface area contributed by atoms with Crippen LogP contribution in [-0.4, -0.2) is 33.3 Å². The molecule has 0 N–H and O–H groups in total. The molecular formula is C14H18N4O. The highest BCUT2D eigenvalue weighted by Gasteiger charge is 2.39. The molecule has 0 unspecified atom stereocenters. The summed E-state index contributed by atoms with van der Waals surface area (Å²) in [6, 6.07) is 0.496. The lowest BCUT2D eigenvalue weighted by Crippen LogP contribution is -2.47. The zero-order valence-electron chi connectivity index (χ0n) is 11.3. The largest absolute Gasteiger partial charge is 0.483 e. The second-order valence-corrected chi connectivity index (χ2v) is 5.47. The quantitative estimate of drug-likeness (QED) is 0.786. The van der Waals surface area contributed by atoms with Crippen molar-refractivity contribution in [3.63, 3.8) is 0 Å². The van der Waals surface area contributed by atoms with Crippen molar-refractivity contribution < 1.29 is 4.74 Å². The lowest BCUT2D eigenvalue weighted by Gasteiger charge is -2.38. The number of likely N-dealkylation sites (N-methyl/N-ethyl adjacent to an activating group) is 1. The number of ether oxygens (including phenoxy) is 1. The Labute approximate surface area is 112 Å². The molecule has 1 aliphatic carbocycles. The van der Waals surface area contributed by atoms with Crippen LogP contribution >= 0.6 is 0 Å². The molecule has 0 aromatic carbocycles. The van der Waals surface area contributed by atoms with Crippen LogP contribution in [0.2, 0.25) is 0 Å². The molecule has 2 aromatic rings. The summed E-state index contributed by atoms with van der Waals surface area (Å²) in [6.45, 7) is 5.22. The first kappa shape index (κ1) is 11.1. The van der Waals surface area contributed by atoms with Crippen LogP contribution in [-0.2, 0) is 0 Å². The van der Waals surface area contributed by atoms with Gasteiger partial charge in [0, 0.05) is 12.1 Å². The maximum atomic E-state index is 6.14. The third kappa shape index (κ3) is 1.47. The van der Waals surface area contributed by atoms with Crippen LogP contribution in [0.4, 0.5) is 5.82 Å². The summed E-state index contributed by atoms with van der Waals surface area (Å²) >= 11 is 0. The van der Waals surface area contributed by atoms with E-state index in [-0.39, 0.29) is 0 Å². The Morgan fingerprint density at radius 3 is 3.16 bits per heavy atom. The normalized spacial score (nSPS) is 25.3. The highest BCUT2D eigenvalue weighted by Crippen LogP contribution is 2.40. The lowest BCUT2D eigenvalue weighted by molar-refractivity contribution is 0.170. The first-order valence-electron chi connectivity index (χ1n) is 7.06. The van der Waals surface area contributed by atoms with E-state index in [0.717, 1.165) is 35.7 Å². The van der Waals surface area contributed by atoms with Gasteiger partial charge in [0.25, 0.3) is 0 Å². The molecule has 1 saturated carbocycles. The fraction of sp³-hybridized carbons (Fsp3) is 0.571. The van der Waals surface area contributed by atoms with E-state index in [4.69, 9.17) is 9.72 Å². The molecule has 0 bridgehead atoms. The Hall–Kier alpha value is -1.78. The van der Waals surface area contributed by atoms with Gasteiger partial charge in [-0.2, -0.15) is 5.10 Å². The number of hydrogen-bond donors (Lipinski definition) is 0. The number of rotatable bonds is 1. The van der Waals surface area contributed by atoms with E-state index < -0.39 is 0 Å². The van der Waals surface area contributed by atoms with Crippen molar-refractivity contribution in [2.24, 2.45) is 0 Å². The van der Waals surface area contributed by atoms with Gasteiger partial charge in [-0.25, -0.2) is 9.50 Å². The van der Waals surface area contributed by atoms with E-state index in [1.807, 2.05) is 23.8 Å². The molecule has 2 aromatic heterocycles. The van der Waals surface area contributed by atoms with E-state index >= 15 is 0 Å². The minimum atomic E-state index is 0.323. The molecule has 1 aliphatic heterocycles. The van der Waals surface area contributed by atoms with E-state index in [1.54, 1.807) is 0 Å². The van der Waals surface area contributed by atoms with Gasteiger partial charge in [-0.15, -0.1) is 0 Å². The molecule has 3 heterocycles. The minimum Gasteiger partial charge on any atom is -0.483 e. The number of aryl methyl sites for hydroxylation is 1. The van der Waals surface area contributed by atoms with E-state index in [2.05, 4.69) is 16.9 Å². The van der Waals surface area contributed by atoms with Crippen LogP contribution in [0.5, 0.6) is 5.75 Å². The molecule has 5 nitrogen and oxygen atoms in total. The van der Waals surface area contributed by atoms with E-state index in [0.29, 0.717) is 12.1 Å². The van der Waals surface area contributed by atoms with Crippen molar-refractivity contribution in [2.45, 2.75) is 45.3 Å². The van der Waals surface area contributed by atoms with Gasteiger partial charge in [-0.1, -0.05) is 0 Å². The van der Waals surface area contributed by atoms with Crippen LogP contribution in [0.1, 0.15) is 31.7 Å². The molecule has 1 fully saturated rings. The monoisotopic (exact) mass is 258 g/mol. The van der Waals surface area contributed by atoms with Gasteiger partial charge >= 0.3 is 0 Å². The predicted octanol–water partition coefficient (Wildman–Crippen LogP) is 2.18. The van der Waals surface area contributed by atoms with Crippen LogP contribution in [0.25, 0.3) is 5.65 Å². The number of fused-ring (bicyclic) bond motifs is 3. The van der Waals surface area contributed by atoms with Gasteiger partial charge in [0.1, 0.15) is 6.10 Å². The van der Waals surface area contributed by atoms with Crippen molar-refractivity contribution in [2.75, 3.05) is 11.4 Å². The zero-order valence-corrected chi connectivity index (χ0v) is 11.3. The van der Waals surface area contributed by atoms with Crippen LogP contribution in [0.3, 0.4) is 0 Å². The van der Waals surface area contributed by atoms with Crippen molar-refractivity contribution in [3.8, 4) is 5.75 Å². The molecule has 0 spiro atoms. The SMILES string of the molecule is CCN1c2nc3c(C)cnn3cc2O[C@@H]2CCC[C@@H]21. The first-order chi connectivity index (χ1) is 9.28. The molecule has 0 amide bonds. The Morgan fingerprint density at radius 1 is 1.42 bits per heavy atom. The van der Waals surface area contributed by atoms with E-state index in [9.17, 15) is 0 Å². The first-order valence-corrected chi connectivity index (χ1v) is 7.06. The maximum absolute atomic E-state index is 6.14. The molecule has 0 saturated heterocycles. The summed E-state index contributed by atoms with van der Waals surface area (Å²) in [5, 5.41) is 4.32. The highest BCUT2D eigenvalue weighted by atomic mass is 16.5. The summed E-state index contributed by atoms with van der Waals surface area (Å²) in [4.78, 5) is 7.20. The topological polar surface area (TPSA) is 42.7 Å². The number of nitrogens with zero attached hydrogens (tertiary/aromatic N) is 4. The standard InChI is InChI=1S/C14H18N4O/c1-3-17-10-5-4-6-11(10)19-12-8-18-13(16-14(12)17)9(2)7-15-18/h7-8,10-11H,3-6H2,1-2H3/t10-,11+/m0/s1. The smallest absolute Gasteiger partial charge is 0.180 e. The molecular weight excluding hydrogens is 240 g/mol. The van der Waals surface area contributed by atoms with Crippen molar-refractivity contribution in [1.29, 1.82) is 0 Å². The number of anilines is 1.